The van der Waals surface area contributed by atoms with Gasteiger partial charge < -0.3 is 10.3 Å². The second-order valence-corrected chi connectivity index (χ2v) is 8.62. The SMILES string of the molecule is CC(NC(=O)c1cc2c(=O)[nH]c(-c3ccc4ccccc4c3)cn2n1)c1ccc(Cl)cc1Cl. The average Bonchev–Trinajstić information content (AvgIpc) is 3.24. The molecule has 0 saturated heterocycles. The number of hydrogen-bond donors (Lipinski definition) is 2. The van der Waals surface area contributed by atoms with Crippen LogP contribution in [0.15, 0.2) is 77.7 Å². The van der Waals surface area contributed by atoms with Gasteiger partial charge in [-0.05, 0) is 41.5 Å². The molecule has 1 atom stereocenters. The van der Waals surface area contributed by atoms with E-state index in [2.05, 4.69) is 15.4 Å². The van der Waals surface area contributed by atoms with Crippen molar-refractivity contribution in [2.24, 2.45) is 0 Å². The van der Waals surface area contributed by atoms with Crippen molar-refractivity contribution in [2.45, 2.75) is 13.0 Å². The maximum atomic E-state index is 12.8. The molecule has 6 nitrogen and oxygen atoms in total. The monoisotopic (exact) mass is 476 g/mol. The Kier molecular flexibility index (Phi) is 5.40. The zero-order chi connectivity index (χ0) is 23.1. The second-order valence-electron chi connectivity index (χ2n) is 7.78. The van der Waals surface area contributed by atoms with Crippen molar-refractivity contribution in [3.05, 3.63) is 105 Å². The van der Waals surface area contributed by atoms with E-state index in [-0.39, 0.29) is 22.8 Å². The van der Waals surface area contributed by atoms with Gasteiger partial charge >= 0.3 is 0 Å². The minimum absolute atomic E-state index is 0.132. The van der Waals surface area contributed by atoms with Gasteiger partial charge in [0.25, 0.3) is 11.5 Å². The zero-order valence-electron chi connectivity index (χ0n) is 17.5. The van der Waals surface area contributed by atoms with Crippen LogP contribution in [0.25, 0.3) is 27.5 Å². The van der Waals surface area contributed by atoms with Crippen LogP contribution in [0.2, 0.25) is 10.0 Å². The molecule has 5 rings (SSSR count). The van der Waals surface area contributed by atoms with E-state index in [1.165, 1.54) is 10.6 Å². The Morgan fingerprint density at radius 3 is 2.61 bits per heavy atom. The summed E-state index contributed by atoms with van der Waals surface area (Å²) in [6, 6.07) is 20.1. The van der Waals surface area contributed by atoms with Gasteiger partial charge in [-0.25, -0.2) is 4.52 Å². The number of H-pyrrole nitrogens is 1. The third-order valence-electron chi connectivity index (χ3n) is 5.54. The first-order valence-corrected chi connectivity index (χ1v) is 11.0. The fraction of sp³-hybridized carbons (Fsp3) is 0.0800. The van der Waals surface area contributed by atoms with E-state index in [4.69, 9.17) is 23.2 Å². The Morgan fingerprint density at radius 1 is 1.03 bits per heavy atom. The maximum Gasteiger partial charge on any atom is 0.274 e. The van der Waals surface area contributed by atoms with Crippen molar-refractivity contribution in [1.29, 1.82) is 0 Å². The van der Waals surface area contributed by atoms with Crippen LogP contribution in [0.3, 0.4) is 0 Å². The van der Waals surface area contributed by atoms with Gasteiger partial charge in [0.05, 0.1) is 17.9 Å². The quantitative estimate of drug-likeness (QED) is 0.352. The fourth-order valence-electron chi connectivity index (χ4n) is 3.82. The average molecular weight is 477 g/mol. The molecule has 3 aromatic carbocycles. The standard InChI is InChI=1S/C25H18Cl2N4O2/c1-14(19-9-8-18(26)11-20(19)27)28-24(32)21-12-23-25(33)29-22(13-31(23)30-21)17-7-6-15-4-2-3-5-16(15)10-17/h2-14H,1H3,(H,28,32)(H,29,33). The number of nitrogens with zero attached hydrogens (tertiary/aromatic N) is 2. The Labute approximate surface area is 198 Å². The van der Waals surface area contributed by atoms with E-state index in [1.54, 1.807) is 24.4 Å². The molecule has 0 saturated carbocycles. The number of fused-ring (bicyclic) bond motifs is 2. The molecule has 0 fully saturated rings. The molecule has 0 bridgehead atoms. The summed E-state index contributed by atoms with van der Waals surface area (Å²) >= 11 is 12.2. The minimum Gasteiger partial charge on any atom is -0.344 e. The van der Waals surface area contributed by atoms with Crippen LogP contribution in [0.5, 0.6) is 0 Å². The van der Waals surface area contributed by atoms with Crippen LogP contribution in [0.4, 0.5) is 0 Å². The number of benzene rings is 3. The van der Waals surface area contributed by atoms with Crippen LogP contribution in [0.1, 0.15) is 29.0 Å². The summed E-state index contributed by atoms with van der Waals surface area (Å²) in [5, 5.41) is 10.3. The van der Waals surface area contributed by atoms with Gasteiger partial charge in [-0.1, -0.05) is 65.7 Å². The Balaban J connectivity index is 1.46. The Morgan fingerprint density at radius 2 is 1.82 bits per heavy atom. The Hall–Kier alpha value is -3.61. The van der Waals surface area contributed by atoms with Crippen LogP contribution in [0, 0.1) is 0 Å². The molecule has 2 N–H and O–H groups in total. The topological polar surface area (TPSA) is 79.3 Å². The number of aromatic nitrogens is 3. The smallest absolute Gasteiger partial charge is 0.274 e. The normalized spacial score (nSPS) is 12.2. The van der Waals surface area contributed by atoms with Gasteiger partial charge in [0.1, 0.15) is 5.52 Å². The van der Waals surface area contributed by atoms with Crippen molar-refractivity contribution in [1.82, 2.24) is 19.9 Å². The number of halogens is 2. The molecule has 0 aliphatic carbocycles. The molecule has 0 aliphatic heterocycles. The van der Waals surface area contributed by atoms with Gasteiger partial charge in [-0.2, -0.15) is 5.10 Å². The molecule has 0 spiro atoms. The molecule has 2 aromatic heterocycles. The summed E-state index contributed by atoms with van der Waals surface area (Å²) in [4.78, 5) is 28.4. The van der Waals surface area contributed by atoms with E-state index in [9.17, 15) is 9.59 Å². The number of nitrogens with one attached hydrogen (secondary N) is 2. The molecular weight excluding hydrogens is 459 g/mol. The van der Waals surface area contributed by atoms with Crippen molar-refractivity contribution >= 4 is 45.4 Å². The minimum atomic E-state index is -0.413. The van der Waals surface area contributed by atoms with Gasteiger partial charge in [-0.15, -0.1) is 0 Å². The molecule has 5 aromatic rings. The molecular formula is C25H18Cl2N4O2. The van der Waals surface area contributed by atoms with Gasteiger partial charge in [0.15, 0.2) is 5.69 Å². The van der Waals surface area contributed by atoms with Gasteiger partial charge in [0, 0.05) is 21.7 Å². The molecule has 2 heterocycles. The number of carbonyl (C=O) groups is 1. The predicted molar refractivity (Wildman–Crippen MR) is 131 cm³/mol. The number of carbonyl (C=O) groups excluding carboxylic acids is 1. The van der Waals surface area contributed by atoms with Crippen LogP contribution in [-0.4, -0.2) is 20.5 Å². The summed E-state index contributed by atoms with van der Waals surface area (Å²) in [5.41, 5.74) is 2.26. The summed E-state index contributed by atoms with van der Waals surface area (Å²) in [6.07, 6.45) is 1.71. The zero-order valence-corrected chi connectivity index (χ0v) is 19.0. The first kappa shape index (κ1) is 21.2. The number of hydrogen-bond acceptors (Lipinski definition) is 3. The highest BCUT2D eigenvalue weighted by atomic mass is 35.5. The van der Waals surface area contributed by atoms with E-state index < -0.39 is 5.91 Å². The molecule has 8 heteroatoms. The van der Waals surface area contributed by atoms with E-state index in [0.717, 1.165) is 21.9 Å². The van der Waals surface area contributed by atoms with Crippen molar-refractivity contribution < 1.29 is 4.79 Å². The molecule has 0 radical (unpaired) electrons. The lowest BCUT2D eigenvalue weighted by molar-refractivity contribution is 0.0934. The van der Waals surface area contributed by atoms with E-state index in [1.807, 2.05) is 49.4 Å². The van der Waals surface area contributed by atoms with Crippen LogP contribution >= 0.6 is 23.2 Å². The maximum absolute atomic E-state index is 12.8. The summed E-state index contributed by atoms with van der Waals surface area (Å²) in [6.45, 7) is 1.81. The van der Waals surface area contributed by atoms with Crippen LogP contribution in [-0.2, 0) is 0 Å². The number of aromatic amines is 1. The Bertz CT molecular complexity index is 1590. The summed E-state index contributed by atoms with van der Waals surface area (Å²) in [5.74, 6) is -0.413. The molecule has 33 heavy (non-hydrogen) atoms. The highest BCUT2D eigenvalue weighted by molar-refractivity contribution is 6.35. The first-order valence-electron chi connectivity index (χ1n) is 10.3. The molecule has 1 unspecified atom stereocenters. The molecule has 1 amide bonds. The van der Waals surface area contributed by atoms with Gasteiger partial charge in [-0.3, -0.25) is 9.59 Å². The number of rotatable bonds is 4. The lowest BCUT2D eigenvalue weighted by Gasteiger charge is -2.15. The second kappa shape index (κ2) is 8.39. The lowest BCUT2D eigenvalue weighted by Crippen LogP contribution is -2.27. The van der Waals surface area contributed by atoms with E-state index >= 15 is 0 Å². The summed E-state index contributed by atoms with van der Waals surface area (Å²) in [7, 11) is 0. The first-order chi connectivity index (χ1) is 15.9. The molecule has 164 valence electrons. The highest BCUT2D eigenvalue weighted by Gasteiger charge is 2.18. The number of amides is 1. The van der Waals surface area contributed by atoms with Crippen LogP contribution < -0.4 is 10.9 Å². The lowest BCUT2D eigenvalue weighted by atomic mass is 10.1. The van der Waals surface area contributed by atoms with Crippen molar-refractivity contribution in [3.63, 3.8) is 0 Å². The largest absolute Gasteiger partial charge is 0.344 e. The van der Waals surface area contributed by atoms with Gasteiger partial charge in [0.2, 0.25) is 0 Å². The van der Waals surface area contributed by atoms with Crippen molar-refractivity contribution in [2.75, 3.05) is 0 Å². The predicted octanol–water partition coefficient (Wildman–Crippen LogP) is 5.64. The fourth-order valence-corrected chi connectivity index (χ4v) is 4.39. The summed E-state index contributed by atoms with van der Waals surface area (Å²) < 4.78 is 1.43. The van der Waals surface area contributed by atoms with E-state index in [0.29, 0.717) is 15.7 Å². The third-order valence-corrected chi connectivity index (χ3v) is 6.10. The third kappa shape index (κ3) is 4.11. The highest BCUT2D eigenvalue weighted by Crippen LogP contribution is 2.26. The van der Waals surface area contributed by atoms with Crippen molar-refractivity contribution in [3.8, 4) is 11.3 Å². The molecule has 0 aliphatic rings.